The van der Waals surface area contributed by atoms with E-state index >= 15 is 0 Å². The van der Waals surface area contributed by atoms with Crippen LogP contribution in [0.15, 0.2) is 24.8 Å². The summed E-state index contributed by atoms with van der Waals surface area (Å²) in [6.45, 7) is 8.19. The van der Waals surface area contributed by atoms with E-state index in [9.17, 15) is 8.78 Å². The van der Waals surface area contributed by atoms with Gasteiger partial charge in [0.15, 0.2) is 11.6 Å². The molecule has 21 heavy (non-hydrogen) atoms. The van der Waals surface area contributed by atoms with Gasteiger partial charge in [-0.25, -0.2) is 4.39 Å². The van der Waals surface area contributed by atoms with Gasteiger partial charge in [-0.2, -0.15) is 4.39 Å². The lowest BCUT2D eigenvalue weighted by atomic mass is 9.85. The van der Waals surface area contributed by atoms with Crippen molar-refractivity contribution in [1.29, 1.82) is 0 Å². The fraction of sp³-hybridized carbons (Fsp3) is 0.556. The minimum Gasteiger partial charge on any atom is -0.494 e. The van der Waals surface area contributed by atoms with Gasteiger partial charge in [0, 0.05) is 0 Å². The molecule has 0 radical (unpaired) electrons. The highest BCUT2D eigenvalue weighted by Crippen LogP contribution is 2.27. The van der Waals surface area contributed by atoms with Crippen LogP contribution in [-0.2, 0) is 6.42 Å². The maximum absolute atomic E-state index is 13.9. The van der Waals surface area contributed by atoms with E-state index < -0.39 is 11.6 Å². The van der Waals surface area contributed by atoms with E-state index in [1.165, 1.54) is 13.2 Å². The van der Waals surface area contributed by atoms with Crippen LogP contribution in [0.1, 0.15) is 45.1 Å². The maximum atomic E-state index is 13.9. The lowest BCUT2D eigenvalue weighted by Crippen LogP contribution is -2.10. The number of hydrogen-bond acceptors (Lipinski definition) is 1. The van der Waals surface area contributed by atoms with Crippen molar-refractivity contribution in [2.24, 2.45) is 11.8 Å². The molecule has 1 aromatic carbocycles. The zero-order valence-electron chi connectivity index (χ0n) is 13.3. The predicted octanol–water partition coefficient (Wildman–Crippen LogP) is 5.53. The summed E-state index contributed by atoms with van der Waals surface area (Å²) in [6, 6.07) is 3.10. The quantitative estimate of drug-likeness (QED) is 0.544. The highest BCUT2D eigenvalue weighted by molar-refractivity contribution is 5.31. The second-order valence-electron chi connectivity index (χ2n) is 5.59. The van der Waals surface area contributed by atoms with Crippen LogP contribution in [0.2, 0.25) is 0 Å². The van der Waals surface area contributed by atoms with Crippen LogP contribution in [0.4, 0.5) is 8.78 Å². The average Bonchev–Trinajstić information content (AvgIpc) is 2.50. The van der Waals surface area contributed by atoms with Crippen LogP contribution in [0.25, 0.3) is 0 Å². The third-order valence-electron chi connectivity index (χ3n) is 4.14. The molecule has 0 aromatic heterocycles. The highest BCUT2D eigenvalue weighted by Gasteiger charge is 2.16. The Morgan fingerprint density at radius 1 is 1.24 bits per heavy atom. The summed E-state index contributed by atoms with van der Waals surface area (Å²) in [5.41, 5.74) is 0.426. The Bertz CT molecular complexity index is 457. The van der Waals surface area contributed by atoms with Crippen molar-refractivity contribution in [1.82, 2.24) is 0 Å². The summed E-state index contributed by atoms with van der Waals surface area (Å²) >= 11 is 0. The van der Waals surface area contributed by atoms with Gasteiger partial charge < -0.3 is 4.74 Å². The molecule has 0 saturated heterocycles. The standard InChI is InChI=1S/C18H26F2O/c1-5-8-14(13(3)6-2)9-7-10-15-11-12-16(21-4)18(20)17(15)19/h6,11-14H,2,5,7-10H2,1,3-4H3. The average molecular weight is 296 g/mol. The van der Waals surface area contributed by atoms with Gasteiger partial charge in [0.1, 0.15) is 0 Å². The van der Waals surface area contributed by atoms with Crippen molar-refractivity contribution in [2.75, 3.05) is 7.11 Å². The van der Waals surface area contributed by atoms with Crippen LogP contribution in [0.3, 0.4) is 0 Å². The molecule has 2 unspecified atom stereocenters. The molecule has 0 heterocycles. The molecule has 2 atom stereocenters. The van der Waals surface area contributed by atoms with Gasteiger partial charge in [-0.15, -0.1) is 6.58 Å². The molecule has 0 fully saturated rings. The summed E-state index contributed by atoms with van der Waals surface area (Å²) in [4.78, 5) is 0. The molecule has 0 aliphatic carbocycles. The number of allylic oxidation sites excluding steroid dienone is 1. The van der Waals surface area contributed by atoms with Crippen molar-refractivity contribution in [2.45, 2.75) is 46.0 Å². The smallest absolute Gasteiger partial charge is 0.200 e. The van der Waals surface area contributed by atoms with Crippen molar-refractivity contribution in [3.8, 4) is 5.75 Å². The molecule has 1 rings (SSSR count). The third kappa shape index (κ3) is 4.83. The van der Waals surface area contributed by atoms with E-state index in [0.717, 1.165) is 25.7 Å². The summed E-state index contributed by atoms with van der Waals surface area (Å²) in [5.74, 6) is -0.681. The third-order valence-corrected chi connectivity index (χ3v) is 4.14. The monoisotopic (exact) mass is 296 g/mol. The van der Waals surface area contributed by atoms with Crippen LogP contribution < -0.4 is 4.74 Å². The minimum absolute atomic E-state index is 0.0413. The number of aryl methyl sites for hydroxylation is 1. The fourth-order valence-electron chi connectivity index (χ4n) is 2.71. The Hall–Kier alpha value is -1.38. The number of rotatable bonds is 9. The molecule has 1 nitrogen and oxygen atoms in total. The largest absolute Gasteiger partial charge is 0.494 e. The van der Waals surface area contributed by atoms with Crippen LogP contribution in [-0.4, -0.2) is 7.11 Å². The van der Waals surface area contributed by atoms with E-state index in [0.29, 0.717) is 23.8 Å². The molecule has 0 spiro atoms. The zero-order valence-corrected chi connectivity index (χ0v) is 13.3. The predicted molar refractivity (Wildman–Crippen MR) is 83.6 cm³/mol. The molecular weight excluding hydrogens is 270 g/mol. The van der Waals surface area contributed by atoms with Crippen LogP contribution >= 0.6 is 0 Å². The van der Waals surface area contributed by atoms with Gasteiger partial charge >= 0.3 is 0 Å². The van der Waals surface area contributed by atoms with E-state index in [-0.39, 0.29) is 5.75 Å². The summed E-state index contributed by atoms with van der Waals surface area (Å²) in [5, 5.41) is 0. The maximum Gasteiger partial charge on any atom is 0.200 e. The molecule has 0 bridgehead atoms. The molecule has 118 valence electrons. The molecule has 0 aliphatic rings. The van der Waals surface area contributed by atoms with Gasteiger partial charge in [0.2, 0.25) is 5.82 Å². The van der Waals surface area contributed by atoms with Gasteiger partial charge in [-0.1, -0.05) is 38.8 Å². The first-order valence-electron chi connectivity index (χ1n) is 7.68. The highest BCUT2D eigenvalue weighted by atomic mass is 19.2. The fourth-order valence-corrected chi connectivity index (χ4v) is 2.71. The Labute approximate surface area is 127 Å². The molecule has 3 heteroatoms. The lowest BCUT2D eigenvalue weighted by Gasteiger charge is -2.20. The van der Waals surface area contributed by atoms with Gasteiger partial charge in [0.05, 0.1) is 7.11 Å². The van der Waals surface area contributed by atoms with Gasteiger partial charge in [-0.3, -0.25) is 0 Å². The summed E-state index contributed by atoms with van der Waals surface area (Å²) in [6.07, 6.45) is 6.67. The molecular formula is C18H26F2O. The van der Waals surface area contributed by atoms with E-state index in [4.69, 9.17) is 4.74 Å². The molecule has 0 aliphatic heterocycles. The molecule has 1 aromatic rings. The summed E-state index contributed by atoms with van der Waals surface area (Å²) in [7, 11) is 1.34. The number of ether oxygens (including phenoxy) is 1. The summed E-state index contributed by atoms with van der Waals surface area (Å²) < 4.78 is 32.3. The van der Waals surface area contributed by atoms with Gasteiger partial charge in [0.25, 0.3) is 0 Å². The Morgan fingerprint density at radius 2 is 1.95 bits per heavy atom. The first-order valence-corrected chi connectivity index (χ1v) is 7.68. The second kappa shape index (κ2) is 8.81. The minimum atomic E-state index is -0.889. The van der Waals surface area contributed by atoms with E-state index in [1.54, 1.807) is 6.07 Å². The zero-order chi connectivity index (χ0) is 15.8. The van der Waals surface area contributed by atoms with Gasteiger partial charge in [-0.05, 0) is 42.7 Å². The normalized spacial score (nSPS) is 13.8. The number of halogens is 2. The van der Waals surface area contributed by atoms with Crippen LogP contribution in [0, 0.1) is 23.5 Å². The van der Waals surface area contributed by atoms with E-state index in [1.807, 2.05) is 6.08 Å². The molecule has 0 amide bonds. The lowest BCUT2D eigenvalue weighted by molar-refractivity contribution is 0.351. The first kappa shape index (κ1) is 17.7. The number of benzene rings is 1. The first-order chi connectivity index (χ1) is 10.0. The SMILES string of the molecule is C=CC(C)C(CCC)CCCc1ccc(OC)c(F)c1F. The van der Waals surface area contributed by atoms with Crippen molar-refractivity contribution >= 4 is 0 Å². The van der Waals surface area contributed by atoms with Crippen molar-refractivity contribution in [3.63, 3.8) is 0 Å². The number of methoxy groups -OCH3 is 1. The topological polar surface area (TPSA) is 9.23 Å². The molecule has 0 N–H and O–H groups in total. The second-order valence-corrected chi connectivity index (χ2v) is 5.59. The Morgan fingerprint density at radius 3 is 2.52 bits per heavy atom. The van der Waals surface area contributed by atoms with Crippen molar-refractivity contribution < 1.29 is 13.5 Å². The Kier molecular flexibility index (Phi) is 7.41. The van der Waals surface area contributed by atoms with E-state index in [2.05, 4.69) is 20.4 Å². The van der Waals surface area contributed by atoms with Crippen LogP contribution in [0.5, 0.6) is 5.75 Å². The molecule has 0 saturated carbocycles. The number of hydrogen-bond donors (Lipinski definition) is 0. The van der Waals surface area contributed by atoms with Crippen molar-refractivity contribution in [3.05, 3.63) is 42.0 Å². The Balaban J connectivity index is 2.62.